The number of urea groups is 1. The van der Waals surface area contributed by atoms with Crippen LogP contribution in [0.3, 0.4) is 0 Å². The number of carboxylic acid groups (broad SMARTS) is 1. The molecule has 0 unspecified atom stereocenters. The van der Waals surface area contributed by atoms with Gasteiger partial charge in [-0.05, 0) is 30.3 Å². The molecule has 0 aliphatic heterocycles. The van der Waals surface area contributed by atoms with Crippen LogP contribution in [0.1, 0.15) is 10.4 Å². The van der Waals surface area contributed by atoms with Crippen molar-refractivity contribution in [3.63, 3.8) is 0 Å². The van der Waals surface area contributed by atoms with E-state index in [9.17, 15) is 14.0 Å². The van der Waals surface area contributed by atoms with Crippen LogP contribution in [0.4, 0.5) is 26.2 Å². The van der Waals surface area contributed by atoms with Crippen LogP contribution in [-0.4, -0.2) is 17.1 Å². The number of nitrogens with one attached hydrogen (secondary N) is 2. The minimum atomic E-state index is -1.41. The van der Waals surface area contributed by atoms with Gasteiger partial charge in [-0.2, -0.15) is 0 Å². The summed E-state index contributed by atoms with van der Waals surface area (Å²) in [5.41, 5.74) is 6.11. The van der Waals surface area contributed by atoms with E-state index in [4.69, 9.17) is 10.8 Å². The number of carbonyl (C=O) groups excluding carboxylic acids is 1. The van der Waals surface area contributed by atoms with E-state index in [0.717, 1.165) is 12.1 Å². The second kappa shape index (κ2) is 5.91. The van der Waals surface area contributed by atoms with E-state index in [1.165, 1.54) is 6.07 Å². The Balaban J connectivity index is 2.12. The molecule has 108 valence electrons. The van der Waals surface area contributed by atoms with Gasteiger partial charge in [-0.3, -0.25) is 0 Å². The summed E-state index contributed by atoms with van der Waals surface area (Å²) in [5, 5.41) is 13.7. The normalized spacial score (nSPS) is 9.95. The number of nitrogen functional groups attached to an aromatic ring is 1. The third-order valence-corrected chi connectivity index (χ3v) is 2.66. The monoisotopic (exact) mass is 289 g/mol. The van der Waals surface area contributed by atoms with Gasteiger partial charge in [-0.15, -0.1) is 0 Å². The number of carboxylic acids is 1. The Kier molecular flexibility index (Phi) is 4.03. The van der Waals surface area contributed by atoms with Crippen molar-refractivity contribution in [3.8, 4) is 0 Å². The maximum Gasteiger partial charge on any atom is 0.338 e. The first-order valence-electron chi connectivity index (χ1n) is 5.92. The molecule has 0 fully saturated rings. The van der Waals surface area contributed by atoms with Crippen LogP contribution < -0.4 is 16.4 Å². The van der Waals surface area contributed by atoms with E-state index in [2.05, 4.69) is 10.6 Å². The Bertz CT molecular complexity index is 704. The van der Waals surface area contributed by atoms with E-state index in [1.807, 2.05) is 0 Å². The molecular formula is C14H12FN3O3. The lowest BCUT2D eigenvalue weighted by Crippen LogP contribution is -2.20. The zero-order valence-corrected chi connectivity index (χ0v) is 10.8. The molecule has 0 radical (unpaired) electrons. The first-order chi connectivity index (χ1) is 9.97. The van der Waals surface area contributed by atoms with Gasteiger partial charge in [0.15, 0.2) is 0 Å². The summed E-state index contributed by atoms with van der Waals surface area (Å²) < 4.78 is 13.2. The summed E-state index contributed by atoms with van der Waals surface area (Å²) in [5.74, 6) is -2.29. The Labute approximate surface area is 119 Å². The molecule has 0 aromatic heterocycles. The van der Waals surface area contributed by atoms with Crippen molar-refractivity contribution >= 4 is 29.1 Å². The highest BCUT2D eigenvalue weighted by Gasteiger charge is 2.12. The highest BCUT2D eigenvalue weighted by atomic mass is 19.1. The molecular weight excluding hydrogens is 277 g/mol. The summed E-state index contributed by atoms with van der Waals surface area (Å²) in [6, 6.07) is 9.30. The van der Waals surface area contributed by atoms with Crippen molar-refractivity contribution in [1.29, 1.82) is 0 Å². The number of hydrogen-bond acceptors (Lipinski definition) is 3. The maximum atomic E-state index is 13.2. The van der Waals surface area contributed by atoms with Crippen molar-refractivity contribution in [2.75, 3.05) is 16.4 Å². The number of anilines is 3. The molecule has 2 amide bonds. The molecule has 0 heterocycles. The number of nitrogens with two attached hydrogens (primary N) is 1. The lowest BCUT2D eigenvalue weighted by molar-refractivity contribution is 0.0692. The highest BCUT2D eigenvalue weighted by Crippen LogP contribution is 2.18. The lowest BCUT2D eigenvalue weighted by atomic mass is 10.2. The number of hydrogen-bond donors (Lipinski definition) is 4. The van der Waals surface area contributed by atoms with Crippen molar-refractivity contribution in [2.45, 2.75) is 0 Å². The van der Waals surface area contributed by atoms with Crippen molar-refractivity contribution in [3.05, 3.63) is 53.8 Å². The lowest BCUT2D eigenvalue weighted by Gasteiger charge is -2.10. The van der Waals surface area contributed by atoms with Crippen molar-refractivity contribution in [1.82, 2.24) is 0 Å². The average molecular weight is 289 g/mol. The zero-order chi connectivity index (χ0) is 15.4. The smallest absolute Gasteiger partial charge is 0.338 e. The van der Waals surface area contributed by atoms with E-state index in [1.54, 1.807) is 24.3 Å². The predicted molar refractivity (Wildman–Crippen MR) is 76.9 cm³/mol. The van der Waals surface area contributed by atoms with Gasteiger partial charge in [0, 0.05) is 5.69 Å². The van der Waals surface area contributed by atoms with Crippen LogP contribution in [-0.2, 0) is 0 Å². The molecule has 0 aliphatic carbocycles. The maximum absolute atomic E-state index is 13.2. The fourth-order valence-corrected chi connectivity index (χ4v) is 1.66. The minimum absolute atomic E-state index is 0.154. The van der Waals surface area contributed by atoms with E-state index >= 15 is 0 Å². The minimum Gasteiger partial charge on any atom is -0.478 e. The van der Waals surface area contributed by atoms with E-state index < -0.39 is 23.4 Å². The standard InChI is InChI=1S/C14H12FN3O3/c15-10-6-5-8(7-9(10)13(19)20)17-14(21)18-12-4-2-1-3-11(12)16/h1-7H,16H2,(H,19,20)(H2,17,18,21). The highest BCUT2D eigenvalue weighted by molar-refractivity contribution is 6.02. The van der Waals surface area contributed by atoms with Crippen molar-refractivity contribution < 1.29 is 19.1 Å². The third-order valence-electron chi connectivity index (χ3n) is 2.66. The topological polar surface area (TPSA) is 104 Å². The molecule has 0 aliphatic rings. The largest absolute Gasteiger partial charge is 0.478 e. The fraction of sp³-hybridized carbons (Fsp3) is 0. The third kappa shape index (κ3) is 3.47. The van der Waals surface area contributed by atoms with Gasteiger partial charge in [-0.1, -0.05) is 12.1 Å². The molecule has 2 aromatic carbocycles. The predicted octanol–water partition coefficient (Wildman–Crippen LogP) is 2.75. The summed E-state index contributed by atoms with van der Waals surface area (Å²) in [6.45, 7) is 0. The SMILES string of the molecule is Nc1ccccc1NC(=O)Nc1ccc(F)c(C(=O)O)c1. The molecule has 6 nitrogen and oxygen atoms in total. The zero-order valence-electron chi connectivity index (χ0n) is 10.8. The molecule has 2 rings (SSSR count). The molecule has 0 bridgehead atoms. The van der Waals surface area contributed by atoms with E-state index in [0.29, 0.717) is 11.4 Å². The van der Waals surface area contributed by atoms with Crippen molar-refractivity contribution in [2.24, 2.45) is 0 Å². The molecule has 0 spiro atoms. The second-order valence-electron chi connectivity index (χ2n) is 4.17. The number of carbonyl (C=O) groups is 2. The summed E-state index contributed by atoms with van der Waals surface area (Å²) in [6.07, 6.45) is 0. The van der Waals surface area contributed by atoms with Crippen LogP contribution in [0.25, 0.3) is 0 Å². The summed E-state index contributed by atoms with van der Waals surface area (Å²) in [4.78, 5) is 22.6. The number of benzene rings is 2. The molecule has 7 heteroatoms. The number of para-hydroxylation sites is 2. The molecule has 0 saturated carbocycles. The van der Waals surface area contributed by atoms with E-state index in [-0.39, 0.29) is 5.69 Å². The number of aromatic carboxylic acids is 1. The van der Waals surface area contributed by atoms with Crippen LogP contribution in [0.2, 0.25) is 0 Å². The van der Waals surface area contributed by atoms with Gasteiger partial charge in [0.25, 0.3) is 0 Å². The number of amides is 2. The number of rotatable bonds is 3. The second-order valence-corrected chi connectivity index (χ2v) is 4.17. The van der Waals surface area contributed by atoms with Gasteiger partial charge in [0.05, 0.1) is 16.9 Å². The summed E-state index contributed by atoms with van der Waals surface area (Å²) >= 11 is 0. The van der Waals surface area contributed by atoms with Crippen LogP contribution in [0.15, 0.2) is 42.5 Å². The Morgan fingerprint density at radius 2 is 1.81 bits per heavy atom. The van der Waals surface area contributed by atoms with Crippen LogP contribution in [0, 0.1) is 5.82 Å². The molecule has 0 saturated heterocycles. The Morgan fingerprint density at radius 3 is 2.48 bits per heavy atom. The molecule has 2 aromatic rings. The first kappa shape index (κ1) is 14.3. The average Bonchev–Trinajstić information content (AvgIpc) is 2.43. The van der Waals surface area contributed by atoms with Gasteiger partial charge >= 0.3 is 12.0 Å². The van der Waals surface area contributed by atoms with Gasteiger partial charge in [-0.25, -0.2) is 14.0 Å². The fourth-order valence-electron chi connectivity index (χ4n) is 1.66. The summed E-state index contributed by atoms with van der Waals surface area (Å²) in [7, 11) is 0. The first-order valence-corrected chi connectivity index (χ1v) is 5.92. The number of halogens is 1. The molecule has 0 atom stereocenters. The Hall–Kier alpha value is -3.09. The van der Waals surface area contributed by atoms with Gasteiger partial charge < -0.3 is 21.5 Å². The van der Waals surface area contributed by atoms with Gasteiger partial charge in [0.1, 0.15) is 5.82 Å². The van der Waals surface area contributed by atoms with Gasteiger partial charge in [0.2, 0.25) is 0 Å². The van der Waals surface area contributed by atoms with Crippen LogP contribution >= 0.6 is 0 Å². The van der Waals surface area contributed by atoms with Crippen LogP contribution in [0.5, 0.6) is 0 Å². The molecule has 5 N–H and O–H groups in total. The molecule has 21 heavy (non-hydrogen) atoms. The quantitative estimate of drug-likeness (QED) is 0.652. The Morgan fingerprint density at radius 1 is 1.10 bits per heavy atom.